The van der Waals surface area contributed by atoms with Gasteiger partial charge in [0.15, 0.2) is 5.78 Å². The number of hydrogen-bond acceptors (Lipinski definition) is 3. The number of benzene rings is 1. The molecule has 0 N–H and O–H groups in total. The summed E-state index contributed by atoms with van der Waals surface area (Å²) in [5.41, 5.74) is 1.45. The highest BCUT2D eigenvalue weighted by Crippen LogP contribution is 2.24. The molecule has 106 valence electrons. The van der Waals surface area contributed by atoms with Crippen molar-refractivity contribution < 1.29 is 14.3 Å². The summed E-state index contributed by atoms with van der Waals surface area (Å²) in [5, 5.41) is 0. The smallest absolute Gasteiger partial charge is 0.159 e. The van der Waals surface area contributed by atoms with E-state index in [1.165, 1.54) is 0 Å². The Bertz CT molecular complexity index is 436. The molecule has 0 aromatic heterocycles. The molecule has 0 aliphatic rings. The Balaban J connectivity index is 2.94. The average molecular weight is 264 g/mol. The van der Waals surface area contributed by atoms with Gasteiger partial charge in [-0.2, -0.15) is 0 Å². The lowest BCUT2D eigenvalue weighted by Crippen LogP contribution is -2.23. The van der Waals surface area contributed by atoms with E-state index < -0.39 is 0 Å². The lowest BCUT2D eigenvalue weighted by atomic mass is 10.1. The standard InChI is InChI=1S/C16H24O3/c1-6-16(4,5)19-11-14-10-13(12(3)17)8-9-15(14)18-7-2/h8-10H,6-7,11H2,1-5H3. The molecule has 0 heterocycles. The van der Waals surface area contributed by atoms with Gasteiger partial charge in [-0.1, -0.05) is 6.92 Å². The van der Waals surface area contributed by atoms with E-state index in [2.05, 4.69) is 20.8 Å². The van der Waals surface area contributed by atoms with Crippen LogP contribution in [0.15, 0.2) is 18.2 Å². The molecule has 0 aliphatic heterocycles. The Morgan fingerprint density at radius 2 is 1.95 bits per heavy atom. The van der Waals surface area contributed by atoms with Crippen LogP contribution in [-0.2, 0) is 11.3 Å². The summed E-state index contributed by atoms with van der Waals surface area (Å²) in [6.07, 6.45) is 0.934. The predicted molar refractivity (Wildman–Crippen MR) is 76.8 cm³/mol. The quantitative estimate of drug-likeness (QED) is 0.698. The predicted octanol–water partition coefficient (Wildman–Crippen LogP) is 3.99. The second kappa shape index (κ2) is 6.71. The molecule has 1 rings (SSSR count). The Morgan fingerprint density at radius 1 is 1.26 bits per heavy atom. The second-order valence-corrected chi connectivity index (χ2v) is 5.21. The van der Waals surface area contributed by atoms with Crippen molar-refractivity contribution in [2.45, 2.75) is 53.2 Å². The van der Waals surface area contributed by atoms with Crippen LogP contribution in [0, 0.1) is 0 Å². The van der Waals surface area contributed by atoms with E-state index in [1.54, 1.807) is 13.0 Å². The highest BCUT2D eigenvalue weighted by molar-refractivity contribution is 5.94. The van der Waals surface area contributed by atoms with Crippen LogP contribution in [-0.4, -0.2) is 18.0 Å². The van der Waals surface area contributed by atoms with Crippen molar-refractivity contribution in [3.05, 3.63) is 29.3 Å². The summed E-state index contributed by atoms with van der Waals surface area (Å²) in [6.45, 7) is 10.8. The normalized spacial score (nSPS) is 11.4. The maximum absolute atomic E-state index is 11.4. The first kappa shape index (κ1) is 15.7. The first-order valence-corrected chi connectivity index (χ1v) is 6.80. The van der Waals surface area contributed by atoms with E-state index in [9.17, 15) is 4.79 Å². The van der Waals surface area contributed by atoms with Gasteiger partial charge in [-0.15, -0.1) is 0 Å². The van der Waals surface area contributed by atoms with Gasteiger partial charge < -0.3 is 9.47 Å². The molecule has 19 heavy (non-hydrogen) atoms. The molecule has 0 bridgehead atoms. The minimum Gasteiger partial charge on any atom is -0.494 e. The number of ether oxygens (including phenoxy) is 2. The van der Waals surface area contributed by atoms with Crippen LogP contribution in [0.3, 0.4) is 0 Å². The van der Waals surface area contributed by atoms with E-state index in [0.29, 0.717) is 18.8 Å². The molecule has 0 spiro atoms. The molecule has 0 unspecified atom stereocenters. The summed E-state index contributed by atoms with van der Waals surface area (Å²) >= 11 is 0. The SMILES string of the molecule is CCOc1ccc(C(C)=O)cc1COC(C)(C)CC. The molecule has 0 aliphatic carbocycles. The first-order chi connectivity index (χ1) is 8.89. The van der Waals surface area contributed by atoms with Crippen molar-refractivity contribution in [1.82, 2.24) is 0 Å². The number of carbonyl (C=O) groups is 1. The lowest BCUT2D eigenvalue weighted by Gasteiger charge is -2.24. The lowest BCUT2D eigenvalue weighted by molar-refractivity contribution is -0.0323. The van der Waals surface area contributed by atoms with Crippen molar-refractivity contribution in [1.29, 1.82) is 0 Å². The highest BCUT2D eigenvalue weighted by atomic mass is 16.5. The van der Waals surface area contributed by atoms with Gasteiger partial charge in [-0.3, -0.25) is 4.79 Å². The molecular formula is C16H24O3. The van der Waals surface area contributed by atoms with Gasteiger partial charge in [0.05, 0.1) is 18.8 Å². The number of rotatable bonds is 7. The molecule has 1 aromatic rings. The zero-order valence-electron chi connectivity index (χ0n) is 12.6. The maximum atomic E-state index is 11.4. The fraction of sp³-hybridized carbons (Fsp3) is 0.562. The monoisotopic (exact) mass is 264 g/mol. The number of Topliss-reactive ketones (excluding diaryl/α,β-unsaturated/α-hetero) is 1. The third-order valence-corrected chi connectivity index (χ3v) is 3.24. The van der Waals surface area contributed by atoms with Crippen LogP contribution >= 0.6 is 0 Å². The summed E-state index contributed by atoms with van der Waals surface area (Å²) in [4.78, 5) is 11.4. The molecule has 0 saturated carbocycles. The van der Waals surface area contributed by atoms with E-state index in [1.807, 2.05) is 19.1 Å². The topological polar surface area (TPSA) is 35.5 Å². The van der Waals surface area contributed by atoms with E-state index in [4.69, 9.17) is 9.47 Å². The van der Waals surface area contributed by atoms with Crippen LogP contribution in [0.5, 0.6) is 5.75 Å². The molecule has 3 heteroatoms. The molecule has 0 amide bonds. The fourth-order valence-electron chi connectivity index (χ4n) is 1.58. The molecule has 3 nitrogen and oxygen atoms in total. The third-order valence-electron chi connectivity index (χ3n) is 3.24. The minimum absolute atomic E-state index is 0.0547. The van der Waals surface area contributed by atoms with Gasteiger partial charge in [0.25, 0.3) is 0 Å². The second-order valence-electron chi connectivity index (χ2n) is 5.21. The number of hydrogen-bond donors (Lipinski definition) is 0. The van der Waals surface area contributed by atoms with Crippen LogP contribution in [0.1, 0.15) is 57.0 Å². The van der Waals surface area contributed by atoms with Gasteiger partial charge in [-0.05, 0) is 52.3 Å². The molecule has 1 aromatic carbocycles. The molecule has 0 saturated heterocycles. The van der Waals surface area contributed by atoms with Crippen molar-refractivity contribution in [3.8, 4) is 5.75 Å². The van der Waals surface area contributed by atoms with Crippen molar-refractivity contribution in [2.24, 2.45) is 0 Å². The van der Waals surface area contributed by atoms with Crippen molar-refractivity contribution in [3.63, 3.8) is 0 Å². The molecule has 0 atom stereocenters. The van der Waals surface area contributed by atoms with Crippen LogP contribution in [0.25, 0.3) is 0 Å². The Hall–Kier alpha value is -1.35. The number of ketones is 1. The van der Waals surface area contributed by atoms with Crippen molar-refractivity contribution in [2.75, 3.05) is 6.61 Å². The maximum Gasteiger partial charge on any atom is 0.159 e. The largest absolute Gasteiger partial charge is 0.494 e. The summed E-state index contributed by atoms with van der Waals surface area (Å²) in [5.74, 6) is 0.846. The number of carbonyl (C=O) groups excluding carboxylic acids is 1. The fourth-order valence-corrected chi connectivity index (χ4v) is 1.58. The summed E-state index contributed by atoms with van der Waals surface area (Å²) < 4.78 is 11.5. The summed E-state index contributed by atoms with van der Waals surface area (Å²) in [6, 6.07) is 5.50. The van der Waals surface area contributed by atoms with E-state index in [-0.39, 0.29) is 11.4 Å². The van der Waals surface area contributed by atoms with Crippen LogP contribution in [0.4, 0.5) is 0 Å². The minimum atomic E-state index is -0.171. The Morgan fingerprint density at radius 3 is 2.47 bits per heavy atom. The Kier molecular flexibility index (Phi) is 5.55. The van der Waals surface area contributed by atoms with E-state index >= 15 is 0 Å². The Labute approximate surface area is 115 Å². The first-order valence-electron chi connectivity index (χ1n) is 6.80. The average Bonchev–Trinajstić information content (AvgIpc) is 2.37. The van der Waals surface area contributed by atoms with Gasteiger partial charge in [-0.25, -0.2) is 0 Å². The highest BCUT2D eigenvalue weighted by Gasteiger charge is 2.17. The van der Waals surface area contributed by atoms with Gasteiger partial charge >= 0.3 is 0 Å². The zero-order chi connectivity index (χ0) is 14.5. The molecule has 0 fully saturated rings. The molecular weight excluding hydrogens is 240 g/mol. The third kappa shape index (κ3) is 4.67. The summed E-state index contributed by atoms with van der Waals surface area (Å²) in [7, 11) is 0. The van der Waals surface area contributed by atoms with Crippen LogP contribution < -0.4 is 4.74 Å². The van der Waals surface area contributed by atoms with Gasteiger partial charge in [0, 0.05) is 11.1 Å². The van der Waals surface area contributed by atoms with Gasteiger partial charge in [0.1, 0.15) is 5.75 Å². The van der Waals surface area contributed by atoms with E-state index in [0.717, 1.165) is 17.7 Å². The van der Waals surface area contributed by atoms with Gasteiger partial charge in [0.2, 0.25) is 0 Å². The molecule has 0 radical (unpaired) electrons. The zero-order valence-corrected chi connectivity index (χ0v) is 12.6. The van der Waals surface area contributed by atoms with Crippen LogP contribution in [0.2, 0.25) is 0 Å². The van der Waals surface area contributed by atoms with Crippen molar-refractivity contribution >= 4 is 5.78 Å².